The van der Waals surface area contributed by atoms with E-state index in [4.69, 9.17) is 0 Å². The van der Waals surface area contributed by atoms with Crippen LogP contribution in [0.3, 0.4) is 0 Å². The Balaban J connectivity index is 2.91. The molecular formula is C10H13N. The summed E-state index contributed by atoms with van der Waals surface area (Å²) in [5, 5.41) is 0. The molecule has 1 heteroatoms. The van der Waals surface area contributed by atoms with Crippen molar-refractivity contribution in [3.05, 3.63) is 35.2 Å². The number of nitrogens with zero attached hydrogens (tertiary/aromatic N) is 1. The van der Waals surface area contributed by atoms with Crippen molar-refractivity contribution in [3.8, 4) is 0 Å². The molecule has 0 aliphatic rings. The van der Waals surface area contributed by atoms with E-state index in [1.807, 2.05) is 19.2 Å². The summed E-state index contributed by atoms with van der Waals surface area (Å²) < 4.78 is 0. The lowest BCUT2D eigenvalue weighted by molar-refractivity contribution is 1.23. The van der Waals surface area contributed by atoms with E-state index in [1.54, 1.807) is 0 Å². The third kappa shape index (κ3) is 2.54. The predicted octanol–water partition coefficient (Wildman–Crippen LogP) is 2.81. The SMILES string of the molecule is CC(C)=Cc1ccc(C)cn1. The lowest BCUT2D eigenvalue weighted by atomic mass is 10.2. The van der Waals surface area contributed by atoms with Gasteiger partial charge in [0.2, 0.25) is 0 Å². The van der Waals surface area contributed by atoms with Gasteiger partial charge in [-0.3, -0.25) is 4.98 Å². The number of hydrogen-bond acceptors (Lipinski definition) is 1. The molecule has 0 N–H and O–H groups in total. The average molecular weight is 147 g/mol. The molecule has 1 aromatic heterocycles. The Morgan fingerprint density at radius 1 is 1.36 bits per heavy atom. The molecule has 0 spiro atoms. The number of pyridine rings is 1. The molecule has 58 valence electrons. The first-order chi connectivity index (χ1) is 5.18. The van der Waals surface area contributed by atoms with Crippen molar-refractivity contribution in [1.82, 2.24) is 4.98 Å². The monoisotopic (exact) mass is 147 g/mol. The van der Waals surface area contributed by atoms with Crippen molar-refractivity contribution >= 4 is 6.08 Å². The molecule has 0 fully saturated rings. The van der Waals surface area contributed by atoms with Crippen LogP contribution in [-0.2, 0) is 0 Å². The Labute approximate surface area is 67.8 Å². The molecule has 1 nitrogen and oxygen atoms in total. The van der Waals surface area contributed by atoms with Crippen LogP contribution >= 0.6 is 0 Å². The first-order valence-electron chi connectivity index (χ1n) is 3.76. The van der Waals surface area contributed by atoms with E-state index in [9.17, 15) is 0 Å². The summed E-state index contributed by atoms with van der Waals surface area (Å²) in [6.07, 6.45) is 3.95. The Bertz CT molecular complexity index is 253. The highest BCUT2D eigenvalue weighted by Crippen LogP contribution is 2.03. The lowest BCUT2D eigenvalue weighted by Crippen LogP contribution is -1.81. The van der Waals surface area contributed by atoms with Crippen LogP contribution in [0, 0.1) is 6.92 Å². The van der Waals surface area contributed by atoms with E-state index in [-0.39, 0.29) is 0 Å². The topological polar surface area (TPSA) is 12.9 Å². The van der Waals surface area contributed by atoms with Crippen molar-refractivity contribution in [3.63, 3.8) is 0 Å². The van der Waals surface area contributed by atoms with E-state index in [0.29, 0.717) is 0 Å². The van der Waals surface area contributed by atoms with Gasteiger partial charge in [-0.25, -0.2) is 0 Å². The maximum atomic E-state index is 4.24. The predicted molar refractivity (Wildman–Crippen MR) is 48.3 cm³/mol. The van der Waals surface area contributed by atoms with Gasteiger partial charge in [-0.2, -0.15) is 0 Å². The van der Waals surface area contributed by atoms with Gasteiger partial charge >= 0.3 is 0 Å². The zero-order chi connectivity index (χ0) is 8.27. The third-order valence-electron chi connectivity index (χ3n) is 1.37. The van der Waals surface area contributed by atoms with E-state index < -0.39 is 0 Å². The Morgan fingerprint density at radius 2 is 2.09 bits per heavy atom. The third-order valence-corrected chi connectivity index (χ3v) is 1.37. The van der Waals surface area contributed by atoms with Crippen LogP contribution in [0.15, 0.2) is 23.9 Å². The van der Waals surface area contributed by atoms with Crippen LogP contribution in [0.25, 0.3) is 6.08 Å². The Kier molecular flexibility index (Phi) is 2.42. The molecule has 1 heterocycles. The molecule has 0 unspecified atom stereocenters. The number of rotatable bonds is 1. The Morgan fingerprint density at radius 3 is 2.55 bits per heavy atom. The summed E-state index contributed by atoms with van der Waals surface area (Å²) >= 11 is 0. The molecule has 11 heavy (non-hydrogen) atoms. The standard InChI is InChI=1S/C10H13N/c1-8(2)6-10-5-4-9(3)7-11-10/h4-7H,1-3H3. The van der Waals surface area contributed by atoms with Gasteiger partial charge in [0, 0.05) is 6.20 Å². The molecule has 0 aliphatic heterocycles. The van der Waals surface area contributed by atoms with E-state index in [2.05, 4.69) is 31.0 Å². The van der Waals surface area contributed by atoms with Gasteiger partial charge < -0.3 is 0 Å². The van der Waals surface area contributed by atoms with Crippen molar-refractivity contribution < 1.29 is 0 Å². The van der Waals surface area contributed by atoms with Crippen LogP contribution in [0.5, 0.6) is 0 Å². The summed E-state index contributed by atoms with van der Waals surface area (Å²) in [5.41, 5.74) is 3.52. The van der Waals surface area contributed by atoms with Crippen LogP contribution in [0.4, 0.5) is 0 Å². The molecule has 0 saturated heterocycles. The fourth-order valence-electron chi connectivity index (χ4n) is 0.860. The molecule has 0 atom stereocenters. The van der Waals surface area contributed by atoms with Gasteiger partial charge in [0.1, 0.15) is 0 Å². The van der Waals surface area contributed by atoms with E-state index in [0.717, 1.165) is 5.69 Å². The minimum atomic E-state index is 1.04. The van der Waals surface area contributed by atoms with E-state index >= 15 is 0 Å². The van der Waals surface area contributed by atoms with Gasteiger partial charge in [-0.05, 0) is 38.5 Å². The second-order valence-electron chi connectivity index (χ2n) is 2.98. The molecule has 0 aliphatic carbocycles. The van der Waals surface area contributed by atoms with Gasteiger partial charge in [-0.15, -0.1) is 0 Å². The van der Waals surface area contributed by atoms with Gasteiger partial charge in [-0.1, -0.05) is 11.6 Å². The van der Waals surface area contributed by atoms with Crippen LogP contribution in [0.1, 0.15) is 25.1 Å². The fraction of sp³-hybridized carbons (Fsp3) is 0.300. The van der Waals surface area contributed by atoms with E-state index in [1.165, 1.54) is 11.1 Å². The second kappa shape index (κ2) is 3.33. The quantitative estimate of drug-likeness (QED) is 0.595. The van der Waals surface area contributed by atoms with Crippen molar-refractivity contribution in [2.75, 3.05) is 0 Å². The number of allylic oxidation sites excluding steroid dienone is 1. The number of hydrogen-bond donors (Lipinski definition) is 0. The summed E-state index contributed by atoms with van der Waals surface area (Å²) in [6, 6.07) is 4.10. The van der Waals surface area contributed by atoms with Crippen LogP contribution in [0.2, 0.25) is 0 Å². The first kappa shape index (κ1) is 7.99. The number of aromatic nitrogens is 1. The second-order valence-corrected chi connectivity index (χ2v) is 2.98. The number of aryl methyl sites for hydroxylation is 1. The highest BCUT2D eigenvalue weighted by atomic mass is 14.7. The summed E-state index contributed by atoms with van der Waals surface area (Å²) in [5.74, 6) is 0. The first-order valence-corrected chi connectivity index (χ1v) is 3.76. The summed E-state index contributed by atoms with van der Waals surface area (Å²) in [7, 11) is 0. The van der Waals surface area contributed by atoms with Gasteiger partial charge in [0.15, 0.2) is 0 Å². The zero-order valence-electron chi connectivity index (χ0n) is 7.26. The van der Waals surface area contributed by atoms with Crippen molar-refractivity contribution in [2.45, 2.75) is 20.8 Å². The summed E-state index contributed by atoms with van der Waals surface area (Å²) in [4.78, 5) is 4.24. The van der Waals surface area contributed by atoms with Crippen molar-refractivity contribution in [2.24, 2.45) is 0 Å². The molecule has 0 aromatic carbocycles. The lowest BCUT2D eigenvalue weighted by Gasteiger charge is -1.94. The van der Waals surface area contributed by atoms with Crippen LogP contribution < -0.4 is 0 Å². The largest absolute Gasteiger partial charge is 0.257 e. The highest BCUT2D eigenvalue weighted by Gasteiger charge is 1.87. The molecule has 1 aromatic rings. The normalized spacial score (nSPS) is 9.36. The van der Waals surface area contributed by atoms with Gasteiger partial charge in [0.05, 0.1) is 5.69 Å². The molecule has 0 radical (unpaired) electrons. The molecule has 0 saturated carbocycles. The van der Waals surface area contributed by atoms with Crippen molar-refractivity contribution in [1.29, 1.82) is 0 Å². The minimum absolute atomic E-state index is 1.04. The summed E-state index contributed by atoms with van der Waals surface area (Å²) in [6.45, 7) is 6.18. The minimum Gasteiger partial charge on any atom is -0.257 e. The molecular weight excluding hydrogens is 134 g/mol. The molecule has 0 amide bonds. The molecule has 0 bridgehead atoms. The van der Waals surface area contributed by atoms with Gasteiger partial charge in [0.25, 0.3) is 0 Å². The zero-order valence-corrected chi connectivity index (χ0v) is 7.26. The Hall–Kier alpha value is -1.11. The molecule has 1 rings (SSSR count). The highest BCUT2D eigenvalue weighted by molar-refractivity contribution is 5.47. The maximum Gasteiger partial charge on any atom is 0.0629 e. The smallest absolute Gasteiger partial charge is 0.0629 e. The van der Waals surface area contributed by atoms with Crippen LogP contribution in [-0.4, -0.2) is 4.98 Å². The average Bonchev–Trinajstić information content (AvgIpc) is 1.93. The fourth-order valence-corrected chi connectivity index (χ4v) is 0.860. The maximum absolute atomic E-state index is 4.24.